The minimum Gasteiger partial charge on any atom is -0.250 e. The molecule has 2 aromatic rings. The highest BCUT2D eigenvalue weighted by Gasteiger charge is 2.00. The molecule has 0 aliphatic rings. The topological polar surface area (TPSA) is 61.4 Å². The zero-order valence-electron chi connectivity index (χ0n) is 10.2. The summed E-state index contributed by atoms with van der Waals surface area (Å²) in [6.45, 7) is 5.66. The van der Waals surface area contributed by atoms with E-state index < -0.39 is 0 Å². The summed E-state index contributed by atoms with van der Waals surface area (Å²) in [7, 11) is 0. The van der Waals surface area contributed by atoms with Gasteiger partial charge in [0.05, 0.1) is 0 Å². The fourth-order valence-electron chi connectivity index (χ4n) is 1.64. The van der Waals surface area contributed by atoms with Crippen molar-refractivity contribution in [2.24, 2.45) is 0 Å². The summed E-state index contributed by atoms with van der Waals surface area (Å²) in [6, 6.07) is 0. The van der Waals surface area contributed by atoms with Gasteiger partial charge in [-0.3, -0.25) is 9.36 Å². The largest absolute Gasteiger partial charge is 0.250 e. The summed E-state index contributed by atoms with van der Waals surface area (Å²) >= 11 is 0. The zero-order valence-corrected chi connectivity index (χ0v) is 10.2. The summed E-state index contributed by atoms with van der Waals surface area (Å²) in [5, 5.41) is 8.27. The molecule has 17 heavy (non-hydrogen) atoms. The summed E-state index contributed by atoms with van der Waals surface area (Å²) < 4.78 is 3.81. The lowest BCUT2D eigenvalue weighted by molar-refractivity contribution is 0.543. The fraction of sp³-hybridized carbons (Fsp3) is 0.545. The molecule has 6 heteroatoms. The van der Waals surface area contributed by atoms with E-state index in [4.69, 9.17) is 0 Å². The van der Waals surface area contributed by atoms with E-state index in [9.17, 15) is 0 Å². The Bertz CT molecular complexity index is 416. The maximum Gasteiger partial charge on any atom is 0.138 e. The minimum absolute atomic E-state index is 0.822. The Morgan fingerprint density at radius 1 is 1.06 bits per heavy atom. The maximum absolute atomic E-state index is 4.14. The van der Waals surface area contributed by atoms with Gasteiger partial charge in [0.2, 0.25) is 0 Å². The van der Waals surface area contributed by atoms with Crippen molar-refractivity contribution in [1.82, 2.24) is 29.5 Å². The van der Waals surface area contributed by atoms with E-state index in [1.54, 1.807) is 12.7 Å². The predicted molar refractivity (Wildman–Crippen MR) is 63.1 cm³/mol. The van der Waals surface area contributed by atoms with Gasteiger partial charge in [0, 0.05) is 13.1 Å². The van der Waals surface area contributed by atoms with E-state index in [0.717, 1.165) is 37.6 Å². The van der Waals surface area contributed by atoms with Crippen LogP contribution in [-0.4, -0.2) is 29.5 Å². The smallest absolute Gasteiger partial charge is 0.138 e. The van der Waals surface area contributed by atoms with E-state index in [1.807, 2.05) is 23.2 Å². The fourth-order valence-corrected chi connectivity index (χ4v) is 1.64. The number of aromatic nitrogens is 6. The molecule has 0 amide bonds. The molecule has 0 saturated heterocycles. The third kappa shape index (κ3) is 3.12. The predicted octanol–water partition coefficient (Wildman–Crippen LogP) is 1.17. The SMILES string of the molecule is Cc1ncnn1C[CH]CCCn1ncnc1C. The molecule has 1 radical (unpaired) electrons. The van der Waals surface area contributed by atoms with Crippen LogP contribution in [0, 0.1) is 20.3 Å². The van der Waals surface area contributed by atoms with E-state index in [1.165, 1.54) is 0 Å². The van der Waals surface area contributed by atoms with E-state index in [2.05, 4.69) is 26.6 Å². The van der Waals surface area contributed by atoms with Gasteiger partial charge in [-0.15, -0.1) is 0 Å². The second-order valence-corrected chi connectivity index (χ2v) is 3.95. The molecule has 0 fully saturated rings. The summed E-state index contributed by atoms with van der Waals surface area (Å²) in [5.41, 5.74) is 0. The standard InChI is InChI=1S/C11H17N6/c1-10-12-8-14-16(10)6-4-3-5-7-17-11(2)13-9-15-17/h4,8-9H,3,5-7H2,1-2H3. The number of rotatable bonds is 6. The van der Waals surface area contributed by atoms with Gasteiger partial charge in [0.15, 0.2) is 0 Å². The van der Waals surface area contributed by atoms with Crippen molar-refractivity contribution < 1.29 is 0 Å². The number of unbranched alkanes of at least 4 members (excludes halogenated alkanes) is 2. The molecule has 0 N–H and O–H groups in total. The second kappa shape index (κ2) is 5.56. The van der Waals surface area contributed by atoms with Gasteiger partial charge in [-0.2, -0.15) is 10.2 Å². The Balaban J connectivity index is 1.64. The van der Waals surface area contributed by atoms with Gasteiger partial charge < -0.3 is 0 Å². The van der Waals surface area contributed by atoms with Crippen LogP contribution in [0.1, 0.15) is 24.5 Å². The maximum atomic E-state index is 4.14. The molecule has 0 bridgehead atoms. The van der Waals surface area contributed by atoms with Crippen molar-refractivity contribution in [3.8, 4) is 0 Å². The molecule has 0 aromatic carbocycles. The molecule has 0 unspecified atom stereocenters. The van der Waals surface area contributed by atoms with Crippen LogP contribution in [0.2, 0.25) is 0 Å². The molecule has 2 heterocycles. The van der Waals surface area contributed by atoms with Crippen LogP contribution in [-0.2, 0) is 13.1 Å². The first kappa shape index (κ1) is 11.8. The summed E-state index contributed by atoms with van der Waals surface area (Å²) in [6.07, 6.45) is 7.50. The van der Waals surface area contributed by atoms with Crippen LogP contribution < -0.4 is 0 Å². The van der Waals surface area contributed by atoms with E-state index >= 15 is 0 Å². The Morgan fingerprint density at radius 2 is 1.71 bits per heavy atom. The number of hydrogen-bond acceptors (Lipinski definition) is 4. The Labute approximate surface area is 101 Å². The molecule has 0 saturated carbocycles. The molecule has 91 valence electrons. The first-order valence-corrected chi connectivity index (χ1v) is 5.78. The van der Waals surface area contributed by atoms with Crippen LogP contribution in [0.25, 0.3) is 0 Å². The van der Waals surface area contributed by atoms with Gasteiger partial charge in [-0.05, 0) is 33.1 Å². The van der Waals surface area contributed by atoms with Gasteiger partial charge in [-0.1, -0.05) is 0 Å². The van der Waals surface area contributed by atoms with E-state index in [0.29, 0.717) is 0 Å². The first-order chi connectivity index (χ1) is 8.27. The zero-order chi connectivity index (χ0) is 12.1. The van der Waals surface area contributed by atoms with Crippen molar-refractivity contribution in [3.05, 3.63) is 30.7 Å². The van der Waals surface area contributed by atoms with Gasteiger partial charge in [-0.25, -0.2) is 9.97 Å². The molecular weight excluding hydrogens is 216 g/mol. The minimum atomic E-state index is 0.822. The third-order valence-electron chi connectivity index (χ3n) is 2.70. The third-order valence-corrected chi connectivity index (χ3v) is 2.70. The second-order valence-electron chi connectivity index (χ2n) is 3.95. The molecule has 2 rings (SSSR count). The molecule has 6 nitrogen and oxygen atoms in total. The van der Waals surface area contributed by atoms with Crippen LogP contribution in [0.4, 0.5) is 0 Å². The van der Waals surface area contributed by atoms with Crippen molar-refractivity contribution in [1.29, 1.82) is 0 Å². The van der Waals surface area contributed by atoms with Crippen LogP contribution in [0.5, 0.6) is 0 Å². The number of hydrogen-bond donors (Lipinski definition) is 0. The average Bonchev–Trinajstić information content (AvgIpc) is 2.89. The normalized spacial score (nSPS) is 10.9. The Morgan fingerprint density at radius 3 is 2.29 bits per heavy atom. The van der Waals surface area contributed by atoms with Crippen molar-refractivity contribution in [2.75, 3.05) is 0 Å². The molecular formula is C11H17N6. The molecule has 0 aliphatic heterocycles. The van der Waals surface area contributed by atoms with E-state index in [-0.39, 0.29) is 0 Å². The lowest BCUT2D eigenvalue weighted by atomic mass is 10.2. The quantitative estimate of drug-likeness (QED) is 0.703. The monoisotopic (exact) mass is 233 g/mol. The lowest BCUT2D eigenvalue weighted by Crippen LogP contribution is -2.05. The molecule has 0 spiro atoms. The van der Waals surface area contributed by atoms with Gasteiger partial charge >= 0.3 is 0 Å². The van der Waals surface area contributed by atoms with Crippen LogP contribution in [0.3, 0.4) is 0 Å². The average molecular weight is 233 g/mol. The molecule has 0 atom stereocenters. The number of aryl methyl sites for hydroxylation is 3. The number of nitrogens with zero attached hydrogens (tertiary/aromatic N) is 6. The lowest BCUT2D eigenvalue weighted by Gasteiger charge is -2.04. The van der Waals surface area contributed by atoms with Crippen LogP contribution >= 0.6 is 0 Å². The Hall–Kier alpha value is -1.72. The molecule has 0 aliphatic carbocycles. The highest BCUT2D eigenvalue weighted by molar-refractivity contribution is 4.81. The Kier molecular flexibility index (Phi) is 3.85. The van der Waals surface area contributed by atoms with Gasteiger partial charge in [0.1, 0.15) is 24.3 Å². The summed E-state index contributed by atoms with van der Waals surface area (Å²) in [5.74, 6) is 1.92. The van der Waals surface area contributed by atoms with Crippen molar-refractivity contribution in [3.63, 3.8) is 0 Å². The first-order valence-electron chi connectivity index (χ1n) is 5.78. The highest BCUT2D eigenvalue weighted by atomic mass is 15.3. The van der Waals surface area contributed by atoms with Crippen LogP contribution in [0.15, 0.2) is 12.7 Å². The highest BCUT2D eigenvalue weighted by Crippen LogP contribution is 2.02. The van der Waals surface area contributed by atoms with Crippen molar-refractivity contribution in [2.45, 2.75) is 39.8 Å². The summed E-state index contributed by atoms with van der Waals surface area (Å²) in [4.78, 5) is 8.16. The molecule has 2 aromatic heterocycles. The van der Waals surface area contributed by atoms with Gasteiger partial charge in [0.25, 0.3) is 0 Å². The van der Waals surface area contributed by atoms with Crippen molar-refractivity contribution >= 4 is 0 Å².